The first-order valence-electron chi connectivity index (χ1n) is 9.07. The topological polar surface area (TPSA) is 63.6 Å². The lowest BCUT2D eigenvalue weighted by atomic mass is 10.1. The molecule has 0 spiro atoms. The van der Waals surface area contributed by atoms with E-state index in [9.17, 15) is 9.59 Å². The summed E-state index contributed by atoms with van der Waals surface area (Å²) >= 11 is 17.5. The Kier molecular flexibility index (Phi) is 5.82. The molecule has 1 saturated heterocycles. The van der Waals surface area contributed by atoms with Gasteiger partial charge in [-0.25, -0.2) is 0 Å². The zero-order valence-electron chi connectivity index (χ0n) is 16.1. The van der Waals surface area contributed by atoms with Gasteiger partial charge in [0.15, 0.2) is 5.11 Å². The van der Waals surface area contributed by atoms with Gasteiger partial charge in [-0.05, 0) is 66.3 Å². The zero-order chi connectivity index (χ0) is 22.1. The Morgan fingerprint density at radius 3 is 2.52 bits per heavy atom. The van der Waals surface area contributed by atoms with Crippen LogP contribution >= 0.6 is 35.4 Å². The molecule has 3 aromatic rings. The Morgan fingerprint density at radius 2 is 1.81 bits per heavy atom. The molecule has 0 aliphatic carbocycles. The standard InChI is InChI=1S/C22H15Cl2N3O3S/c1-30-15-7-5-14(6-8-15)26-10-9-13(12-26)11-16-20(28)25-22(31)27(21(16)29)18-4-2-3-17(23)19(18)24/h2-12H,1H3,(H,25,28,31)/b16-11-. The van der Waals surface area contributed by atoms with Crippen LogP contribution in [0, 0.1) is 0 Å². The largest absolute Gasteiger partial charge is 0.497 e. The number of methoxy groups -OCH3 is 1. The molecular formula is C22H15Cl2N3O3S. The number of rotatable bonds is 4. The molecular weight excluding hydrogens is 457 g/mol. The fourth-order valence-electron chi connectivity index (χ4n) is 3.12. The average molecular weight is 472 g/mol. The number of aromatic nitrogens is 1. The fraction of sp³-hybridized carbons (Fsp3) is 0.0455. The number of carbonyl (C=O) groups excluding carboxylic acids is 2. The number of halogens is 2. The van der Waals surface area contributed by atoms with Crippen molar-refractivity contribution >= 4 is 64.1 Å². The van der Waals surface area contributed by atoms with E-state index >= 15 is 0 Å². The van der Waals surface area contributed by atoms with Crippen molar-refractivity contribution in [3.63, 3.8) is 0 Å². The summed E-state index contributed by atoms with van der Waals surface area (Å²) in [4.78, 5) is 26.8. The Hall–Kier alpha value is -3.13. The number of benzene rings is 2. The van der Waals surface area contributed by atoms with Crippen LogP contribution in [0.25, 0.3) is 11.8 Å². The normalized spacial score (nSPS) is 15.4. The number of nitrogens with one attached hydrogen (secondary N) is 1. The second kappa shape index (κ2) is 8.55. The summed E-state index contributed by atoms with van der Waals surface area (Å²) < 4.78 is 7.04. The van der Waals surface area contributed by atoms with Gasteiger partial charge < -0.3 is 9.30 Å². The molecule has 0 radical (unpaired) electrons. The van der Waals surface area contributed by atoms with Crippen molar-refractivity contribution in [2.24, 2.45) is 0 Å². The summed E-state index contributed by atoms with van der Waals surface area (Å²) in [5.74, 6) is -0.421. The van der Waals surface area contributed by atoms with E-state index in [1.54, 1.807) is 37.6 Å². The number of hydrogen-bond acceptors (Lipinski definition) is 4. The van der Waals surface area contributed by atoms with Gasteiger partial charge in [-0.1, -0.05) is 29.3 Å². The molecule has 1 N–H and O–H groups in total. The second-order valence-electron chi connectivity index (χ2n) is 6.58. The van der Waals surface area contributed by atoms with Crippen LogP contribution < -0.4 is 15.0 Å². The third kappa shape index (κ3) is 4.07. The van der Waals surface area contributed by atoms with Gasteiger partial charge in [0, 0.05) is 18.1 Å². The molecule has 31 heavy (non-hydrogen) atoms. The van der Waals surface area contributed by atoms with Crippen molar-refractivity contribution in [2.45, 2.75) is 0 Å². The van der Waals surface area contributed by atoms with E-state index in [4.69, 9.17) is 40.2 Å². The Bertz CT molecular complexity index is 1240. The number of ether oxygens (including phenoxy) is 1. The number of amides is 2. The minimum absolute atomic E-state index is 0.0629. The zero-order valence-corrected chi connectivity index (χ0v) is 18.5. The van der Waals surface area contributed by atoms with E-state index in [0.29, 0.717) is 11.3 Å². The van der Waals surface area contributed by atoms with E-state index < -0.39 is 11.8 Å². The highest BCUT2D eigenvalue weighted by atomic mass is 35.5. The molecule has 1 fully saturated rings. The maximum Gasteiger partial charge on any atom is 0.270 e. The summed E-state index contributed by atoms with van der Waals surface area (Å²) in [6.07, 6.45) is 5.14. The van der Waals surface area contributed by atoms with Crippen LogP contribution in [-0.4, -0.2) is 28.6 Å². The van der Waals surface area contributed by atoms with Crippen LogP contribution in [0.4, 0.5) is 5.69 Å². The van der Waals surface area contributed by atoms with E-state index in [2.05, 4.69) is 5.32 Å². The Morgan fingerprint density at radius 1 is 1.06 bits per heavy atom. The van der Waals surface area contributed by atoms with E-state index in [-0.39, 0.29) is 20.7 Å². The molecule has 2 aromatic carbocycles. The minimum Gasteiger partial charge on any atom is -0.497 e. The minimum atomic E-state index is -0.588. The monoisotopic (exact) mass is 471 g/mol. The first-order valence-corrected chi connectivity index (χ1v) is 10.2. The molecule has 0 bridgehead atoms. The highest BCUT2D eigenvalue weighted by Gasteiger charge is 2.35. The van der Waals surface area contributed by atoms with Gasteiger partial charge >= 0.3 is 0 Å². The molecule has 2 amide bonds. The number of carbonyl (C=O) groups is 2. The highest BCUT2D eigenvalue weighted by molar-refractivity contribution is 7.80. The summed E-state index contributed by atoms with van der Waals surface area (Å²) in [6.45, 7) is 0. The second-order valence-corrected chi connectivity index (χ2v) is 7.75. The maximum absolute atomic E-state index is 13.1. The molecule has 1 aliphatic rings. The third-order valence-corrected chi connectivity index (χ3v) is 5.76. The molecule has 4 rings (SSSR count). The fourth-order valence-corrected chi connectivity index (χ4v) is 3.78. The first kappa shape index (κ1) is 21.1. The van der Waals surface area contributed by atoms with Gasteiger partial charge in [0.1, 0.15) is 11.3 Å². The lowest BCUT2D eigenvalue weighted by molar-refractivity contribution is -0.122. The molecule has 156 valence electrons. The van der Waals surface area contributed by atoms with E-state index in [1.807, 2.05) is 35.0 Å². The van der Waals surface area contributed by atoms with Crippen LogP contribution in [0.5, 0.6) is 5.75 Å². The molecule has 0 atom stereocenters. The van der Waals surface area contributed by atoms with Gasteiger partial charge in [-0.3, -0.25) is 19.8 Å². The van der Waals surface area contributed by atoms with Gasteiger partial charge in [0.2, 0.25) is 0 Å². The number of anilines is 1. The van der Waals surface area contributed by atoms with Crippen LogP contribution in [-0.2, 0) is 9.59 Å². The van der Waals surface area contributed by atoms with Crippen molar-refractivity contribution < 1.29 is 14.3 Å². The molecule has 9 heteroatoms. The molecule has 0 saturated carbocycles. The van der Waals surface area contributed by atoms with Crippen molar-refractivity contribution in [1.29, 1.82) is 0 Å². The highest BCUT2D eigenvalue weighted by Crippen LogP contribution is 2.34. The van der Waals surface area contributed by atoms with E-state index in [1.165, 1.54) is 6.08 Å². The molecule has 1 aliphatic heterocycles. The van der Waals surface area contributed by atoms with Gasteiger partial charge in [-0.15, -0.1) is 0 Å². The van der Waals surface area contributed by atoms with Gasteiger partial charge in [0.25, 0.3) is 11.8 Å². The predicted molar refractivity (Wildman–Crippen MR) is 125 cm³/mol. The smallest absolute Gasteiger partial charge is 0.270 e. The lowest BCUT2D eigenvalue weighted by Crippen LogP contribution is -2.54. The summed E-state index contributed by atoms with van der Waals surface area (Å²) in [6, 6.07) is 14.1. The summed E-state index contributed by atoms with van der Waals surface area (Å²) in [7, 11) is 1.60. The van der Waals surface area contributed by atoms with Crippen molar-refractivity contribution in [1.82, 2.24) is 9.88 Å². The molecule has 0 unspecified atom stereocenters. The summed E-state index contributed by atoms with van der Waals surface area (Å²) in [5.41, 5.74) is 1.79. The third-order valence-electron chi connectivity index (χ3n) is 4.67. The SMILES string of the molecule is COc1ccc(-n2ccc(/C=C3/C(=O)NC(=S)N(c4cccc(Cl)c4Cl)C3=O)c2)cc1. The van der Waals surface area contributed by atoms with E-state index in [0.717, 1.165) is 16.3 Å². The first-order chi connectivity index (χ1) is 14.9. The number of thiocarbonyl (C=S) groups is 1. The van der Waals surface area contributed by atoms with Crippen LogP contribution in [0.3, 0.4) is 0 Å². The molecule has 6 nitrogen and oxygen atoms in total. The lowest BCUT2D eigenvalue weighted by Gasteiger charge is -2.29. The van der Waals surface area contributed by atoms with Crippen LogP contribution in [0.2, 0.25) is 10.0 Å². The number of nitrogens with zero attached hydrogens (tertiary/aromatic N) is 2. The molecule has 1 aromatic heterocycles. The summed E-state index contributed by atoms with van der Waals surface area (Å²) in [5, 5.41) is 2.91. The van der Waals surface area contributed by atoms with Gasteiger partial charge in [0.05, 0.1) is 22.8 Å². The number of hydrogen-bond donors (Lipinski definition) is 1. The average Bonchev–Trinajstić information content (AvgIpc) is 3.23. The van der Waals surface area contributed by atoms with Crippen molar-refractivity contribution in [2.75, 3.05) is 12.0 Å². The predicted octanol–water partition coefficient (Wildman–Crippen LogP) is 4.62. The Balaban J connectivity index is 1.67. The van der Waals surface area contributed by atoms with Crippen molar-refractivity contribution in [3.05, 3.63) is 82.1 Å². The quantitative estimate of drug-likeness (QED) is 0.342. The van der Waals surface area contributed by atoms with Gasteiger partial charge in [-0.2, -0.15) is 0 Å². The van der Waals surface area contributed by atoms with Crippen molar-refractivity contribution in [3.8, 4) is 11.4 Å². The van der Waals surface area contributed by atoms with Crippen LogP contribution in [0.1, 0.15) is 5.56 Å². The maximum atomic E-state index is 13.1. The molecule has 2 heterocycles. The Labute approximate surface area is 193 Å². The van der Waals surface area contributed by atoms with Crippen LogP contribution in [0.15, 0.2) is 66.5 Å².